The van der Waals surface area contributed by atoms with Crippen LogP contribution < -0.4 is 10.6 Å². The first-order chi connectivity index (χ1) is 10.5. The van der Waals surface area contributed by atoms with E-state index in [1.807, 2.05) is 0 Å². The van der Waals surface area contributed by atoms with Crippen molar-refractivity contribution >= 4 is 29.0 Å². The maximum absolute atomic E-state index is 11.8. The van der Waals surface area contributed by atoms with Gasteiger partial charge in [-0.1, -0.05) is 35.9 Å². The van der Waals surface area contributed by atoms with E-state index in [0.29, 0.717) is 5.02 Å². The first kappa shape index (κ1) is 15.6. The molecule has 2 aromatic carbocycles. The lowest BCUT2D eigenvalue weighted by molar-refractivity contribution is -0.385. The number of carbonyl (C=O) groups is 1. The van der Waals surface area contributed by atoms with Crippen LogP contribution in [0.2, 0.25) is 5.02 Å². The van der Waals surface area contributed by atoms with Gasteiger partial charge in [0.2, 0.25) is 5.75 Å². The van der Waals surface area contributed by atoms with Crippen LogP contribution in [0, 0.1) is 10.1 Å². The van der Waals surface area contributed by atoms with Gasteiger partial charge in [-0.2, -0.15) is 0 Å². The Hall–Kier alpha value is -2.80. The number of carbonyl (C=O) groups excluding carboxylic acids is 1. The van der Waals surface area contributed by atoms with Crippen LogP contribution in [0.5, 0.6) is 5.75 Å². The predicted molar refractivity (Wildman–Crippen MR) is 82.1 cm³/mol. The van der Waals surface area contributed by atoms with E-state index in [1.54, 1.807) is 24.3 Å². The number of phenolic OH excluding ortho intramolecular Hbond substituents is 1. The van der Waals surface area contributed by atoms with Gasteiger partial charge in [0, 0.05) is 17.6 Å². The Morgan fingerprint density at radius 3 is 2.64 bits per heavy atom. The summed E-state index contributed by atoms with van der Waals surface area (Å²) in [5, 5.41) is 25.9. The minimum Gasteiger partial charge on any atom is -0.501 e. The van der Waals surface area contributed by atoms with Crippen LogP contribution in [0.1, 0.15) is 5.56 Å². The van der Waals surface area contributed by atoms with Gasteiger partial charge in [0.25, 0.3) is 0 Å². The van der Waals surface area contributed by atoms with E-state index in [0.717, 1.165) is 11.6 Å². The average molecular weight is 322 g/mol. The summed E-state index contributed by atoms with van der Waals surface area (Å²) in [4.78, 5) is 21.8. The molecule has 0 aliphatic rings. The minimum absolute atomic E-state index is 0.0501. The highest BCUT2D eigenvalue weighted by Crippen LogP contribution is 2.33. The molecule has 8 heteroatoms. The molecule has 0 aliphatic carbocycles. The molecular formula is C14H12ClN3O4. The Kier molecular flexibility index (Phi) is 4.80. The number of nitro groups is 1. The summed E-state index contributed by atoms with van der Waals surface area (Å²) in [7, 11) is 0. The lowest BCUT2D eigenvalue weighted by Gasteiger charge is -2.09. The molecule has 0 aliphatic heterocycles. The highest BCUT2D eigenvalue weighted by atomic mass is 35.5. The summed E-state index contributed by atoms with van der Waals surface area (Å²) < 4.78 is 0. The number of phenols is 1. The zero-order chi connectivity index (χ0) is 16.1. The summed E-state index contributed by atoms with van der Waals surface area (Å²) >= 11 is 5.96. The number of rotatable bonds is 4. The third-order valence-corrected chi connectivity index (χ3v) is 3.23. The molecule has 2 amide bonds. The lowest BCUT2D eigenvalue weighted by Crippen LogP contribution is -2.28. The summed E-state index contributed by atoms with van der Waals surface area (Å²) in [5.74, 6) is -0.597. The van der Waals surface area contributed by atoms with Crippen LogP contribution in [0.4, 0.5) is 16.2 Å². The zero-order valence-electron chi connectivity index (χ0n) is 11.2. The van der Waals surface area contributed by atoms with Crippen molar-refractivity contribution in [1.29, 1.82) is 0 Å². The molecule has 0 unspecified atom stereocenters. The largest absolute Gasteiger partial charge is 0.501 e. The second kappa shape index (κ2) is 6.77. The van der Waals surface area contributed by atoms with Crippen molar-refractivity contribution in [3.8, 4) is 5.75 Å². The summed E-state index contributed by atoms with van der Waals surface area (Å²) in [6.45, 7) is 0.182. The van der Waals surface area contributed by atoms with Crippen LogP contribution in [-0.4, -0.2) is 16.1 Å². The van der Waals surface area contributed by atoms with E-state index in [4.69, 9.17) is 11.6 Å². The molecule has 0 heterocycles. The summed E-state index contributed by atoms with van der Waals surface area (Å²) in [6.07, 6.45) is 0. The molecule has 0 saturated heterocycles. The number of halogens is 1. The number of nitrogens with zero attached hydrogens (tertiary/aromatic N) is 1. The first-order valence-electron chi connectivity index (χ1n) is 6.23. The van der Waals surface area contributed by atoms with Crippen molar-refractivity contribution in [1.82, 2.24) is 5.32 Å². The molecule has 3 N–H and O–H groups in total. The van der Waals surface area contributed by atoms with Crippen molar-refractivity contribution in [2.45, 2.75) is 6.54 Å². The van der Waals surface area contributed by atoms with E-state index in [-0.39, 0.29) is 12.2 Å². The molecular weight excluding hydrogens is 310 g/mol. The number of hydrogen-bond donors (Lipinski definition) is 3. The third kappa shape index (κ3) is 3.64. The molecule has 0 fully saturated rings. The maximum atomic E-state index is 11.8. The topological polar surface area (TPSA) is 104 Å². The fourth-order valence-electron chi connectivity index (χ4n) is 1.76. The van der Waals surface area contributed by atoms with Crippen LogP contribution in [0.3, 0.4) is 0 Å². The van der Waals surface area contributed by atoms with E-state index in [2.05, 4.69) is 10.6 Å². The van der Waals surface area contributed by atoms with Crippen molar-refractivity contribution in [3.05, 3.63) is 63.2 Å². The average Bonchev–Trinajstić information content (AvgIpc) is 2.48. The Bertz CT molecular complexity index is 721. The van der Waals surface area contributed by atoms with Gasteiger partial charge in [-0.25, -0.2) is 4.79 Å². The quantitative estimate of drug-likeness (QED) is 0.456. The number of nitrogens with one attached hydrogen (secondary N) is 2. The molecule has 7 nitrogen and oxygen atoms in total. The molecule has 0 saturated carbocycles. The van der Waals surface area contributed by atoms with Crippen LogP contribution in [0.15, 0.2) is 42.5 Å². The molecule has 0 radical (unpaired) electrons. The second-order valence-electron chi connectivity index (χ2n) is 4.33. The highest BCUT2D eigenvalue weighted by molar-refractivity contribution is 6.31. The number of hydrogen-bond acceptors (Lipinski definition) is 4. The zero-order valence-corrected chi connectivity index (χ0v) is 12.0. The number of amides is 2. The van der Waals surface area contributed by atoms with Gasteiger partial charge in [-0.15, -0.1) is 0 Å². The molecule has 22 heavy (non-hydrogen) atoms. The number of aromatic hydroxyl groups is 1. The van der Waals surface area contributed by atoms with Crippen LogP contribution in [-0.2, 0) is 6.54 Å². The number of benzene rings is 2. The summed E-state index contributed by atoms with van der Waals surface area (Å²) in [6, 6.07) is 10.3. The van der Waals surface area contributed by atoms with E-state index >= 15 is 0 Å². The molecule has 0 aromatic heterocycles. The SMILES string of the molecule is O=C(NCc1ccccc1Cl)Nc1cccc([N+](=O)[O-])c1O. The monoisotopic (exact) mass is 321 g/mol. The van der Waals surface area contributed by atoms with Crippen LogP contribution >= 0.6 is 11.6 Å². The Balaban J connectivity index is 2.02. The van der Waals surface area contributed by atoms with E-state index in [1.165, 1.54) is 12.1 Å². The first-order valence-corrected chi connectivity index (χ1v) is 6.61. The number of anilines is 1. The third-order valence-electron chi connectivity index (χ3n) is 2.86. The van der Waals surface area contributed by atoms with Gasteiger partial charge in [0.05, 0.1) is 10.6 Å². The van der Waals surface area contributed by atoms with Crippen LogP contribution in [0.25, 0.3) is 0 Å². The van der Waals surface area contributed by atoms with E-state index < -0.39 is 22.4 Å². The van der Waals surface area contributed by atoms with Gasteiger partial charge in [0.15, 0.2) is 0 Å². The van der Waals surface area contributed by atoms with Crippen molar-refractivity contribution < 1.29 is 14.8 Å². The molecule has 0 spiro atoms. The van der Waals surface area contributed by atoms with Crippen molar-refractivity contribution in [2.24, 2.45) is 0 Å². The molecule has 114 valence electrons. The standard InChI is InChI=1S/C14H12ClN3O4/c15-10-5-2-1-4-9(10)8-16-14(20)17-11-6-3-7-12(13(11)19)18(21)22/h1-7,19H,8H2,(H2,16,17,20). The Labute approximate surface area is 130 Å². The van der Waals surface area contributed by atoms with Gasteiger partial charge < -0.3 is 15.7 Å². The lowest BCUT2D eigenvalue weighted by atomic mass is 10.2. The number of urea groups is 1. The fraction of sp³-hybridized carbons (Fsp3) is 0.0714. The van der Waals surface area contributed by atoms with Gasteiger partial charge in [0.1, 0.15) is 0 Å². The normalized spacial score (nSPS) is 10.0. The molecule has 0 bridgehead atoms. The molecule has 2 aromatic rings. The smallest absolute Gasteiger partial charge is 0.319 e. The highest BCUT2D eigenvalue weighted by Gasteiger charge is 2.17. The Morgan fingerprint density at radius 1 is 1.23 bits per heavy atom. The van der Waals surface area contributed by atoms with E-state index in [9.17, 15) is 20.0 Å². The Morgan fingerprint density at radius 2 is 1.95 bits per heavy atom. The van der Waals surface area contributed by atoms with Gasteiger partial charge in [-0.05, 0) is 17.7 Å². The van der Waals surface area contributed by atoms with Gasteiger partial charge in [-0.3, -0.25) is 10.1 Å². The number of para-hydroxylation sites is 1. The maximum Gasteiger partial charge on any atom is 0.319 e. The minimum atomic E-state index is -0.734. The van der Waals surface area contributed by atoms with Crippen molar-refractivity contribution in [3.63, 3.8) is 0 Å². The summed E-state index contributed by atoms with van der Waals surface area (Å²) in [5.41, 5.74) is 0.192. The van der Waals surface area contributed by atoms with Gasteiger partial charge >= 0.3 is 11.7 Å². The number of nitro benzene ring substituents is 1. The second-order valence-corrected chi connectivity index (χ2v) is 4.74. The molecule has 2 rings (SSSR count). The molecule has 0 atom stereocenters. The predicted octanol–water partition coefficient (Wildman–Crippen LogP) is 3.28. The van der Waals surface area contributed by atoms with Crippen molar-refractivity contribution in [2.75, 3.05) is 5.32 Å². The fourth-order valence-corrected chi connectivity index (χ4v) is 1.97.